The second-order valence-corrected chi connectivity index (χ2v) is 8.73. The lowest BCUT2D eigenvalue weighted by Gasteiger charge is -2.45. The largest absolute Gasteiger partial charge is 0.497 e. The molecular formula is C24H30N2O5. The number of H-pyrrole nitrogens is 1. The van der Waals surface area contributed by atoms with E-state index in [1.807, 2.05) is 6.07 Å². The van der Waals surface area contributed by atoms with Crippen molar-refractivity contribution >= 4 is 5.97 Å². The molecule has 0 bridgehead atoms. The third-order valence-corrected chi connectivity index (χ3v) is 6.86. The Labute approximate surface area is 182 Å². The highest BCUT2D eigenvalue weighted by molar-refractivity contribution is 5.89. The van der Waals surface area contributed by atoms with Crippen LogP contribution in [0, 0.1) is 0 Å². The van der Waals surface area contributed by atoms with E-state index in [-0.39, 0.29) is 11.6 Å². The van der Waals surface area contributed by atoms with Crippen molar-refractivity contribution in [3.05, 3.63) is 62.6 Å². The van der Waals surface area contributed by atoms with E-state index in [1.54, 1.807) is 13.2 Å². The van der Waals surface area contributed by atoms with E-state index in [1.165, 1.54) is 18.2 Å². The first-order valence-electron chi connectivity index (χ1n) is 10.8. The lowest BCUT2D eigenvalue weighted by Crippen LogP contribution is -2.56. The zero-order valence-corrected chi connectivity index (χ0v) is 18.4. The van der Waals surface area contributed by atoms with E-state index in [9.17, 15) is 14.7 Å². The molecule has 0 amide bonds. The minimum atomic E-state index is -0.970. The molecule has 0 radical (unpaired) electrons. The molecule has 166 valence electrons. The number of rotatable bonds is 3. The van der Waals surface area contributed by atoms with Gasteiger partial charge in [0.15, 0.2) is 0 Å². The highest BCUT2D eigenvalue weighted by atomic mass is 16.5. The molecule has 1 aromatic heterocycles. The predicted molar refractivity (Wildman–Crippen MR) is 117 cm³/mol. The van der Waals surface area contributed by atoms with Gasteiger partial charge >= 0.3 is 5.97 Å². The lowest BCUT2D eigenvalue weighted by atomic mass is 9.74. The van der Waals surface area contributed by atoms with Crippen LogP contribution in [0.3, 0.4) is 0 Å². The number of nitrogens with zero attached hydrogens (tertiary/aromatic N) is 1. The van der Waals surface area contributed by atoms with Gasteiger partial charge in [0.25, 0.3) is 5.56 Å². The first-order valence-corrected chi connectivity index (χ1v) is 10.8. The number of aromatic nitrogens is 1. The molecule has 2 N–H and O–H groups in total. The number of esters is 1. The standard InChI is InChI=1S/C24H30N2O5/c1-26-10-4-5-15-11-18(30-2)7-6-16(15)13-21(26)24(29)9-8-20-17(14-24)12-19(22(27)25-20)23(28)31-3/h6-7,11-12,21,29H,4-5,8-10,13-14H2,1-3H3,(H,25,27). The van der Waals surface area contributed by atoms with Gasteiger partial charge < -0.3 is 24.5 Å². The molecule has 0 saturated heterocycles. The van der Waals surface area contributed by atoms with Gasteiger partial charge in [-0.2, -0.15) is 0 Å². The zero-order valence-electron chi connectivity index (χ0n) is 18.4. The minimum Gasteiger partial charge on any atom is -0.497 e. The average molecular weight is 427 g/mol. The summed E-state index contributed by atoms with van der Waals surface area (Å²) in [4.78, 5) is 29.3. The number of carbonyl (C=O) groups is 1. The summed E-state index contributed by atoms with van der Waals surface area (Å²) in [5.41, 5.74) is 2.67. The lowest BCUT2D eigenvalue weighted by molar-refractivity contribution is -0.0518. The monoisotopic (exact) mass is 426 g/mol. The number of hydrogen-bond acceptors (Lipinski definition) is 6. The summed E-state index contributed by atoms with van der Waals surface area (Å²) in [6, 6.07) is 7.69. The van der Waals surface area contributed by atoms with Gasteiger partial charge in [-0.1, -0.05) is 6.07 Å². The number of carbonyl (C=O) groups excluding carboxylic acids is 1. The number of ether oxygens (including phenoxy) is 2. The smallest absolute Gasteiger partial charge is 0.343 e. The van der Waals surface area contributed by atoms with Gasteiger partial charge in [0.05, 0.1) is 19.8 Å². The predicted octanol–water partition coefficient (Wildman–Crippen LogP) is 1.88. The molecule has 2 unspecified atom stereocenters. The maximum absolute atomic E-state index is 12.2. The summed E-state index contributed by atoms with van der Waals surface area (Å²) in [5, 5.41) is 11.8. The van der Waals surface area contributed by atoms with Crippen LogP contribution in [0.5, 0.6) is 5.75 Å². The summed E-state index contributed by atoms with van der Waals surface area (Å²) in [6.45, 7) is 0.884. The van der Waals surface area contributed by atoms with Crippen LogP contribution in [0.25, 0.3) is 0 Å². The van der Waals surface area contributed by atoms with E-state index in [2.05, 4.69) is 29.1 Å². The van der Waals surface area contributed by atoms with Crippen LogP contribution in [-0.2, 0) is 30.4 Å². The maximum atomic E-state index is 12.2. The van der Waals surface area contributed by atoms with Crippen molar-refractivity contribution in [2.45, 2.75) is 50.2 Å². The Morgan fingerprint density at radius 3 is 2.74 bits per heavy atom. The Balaban J connectivity index is 1.68. The number of hydrogen-bond donors (Lipinski definition) is 2. The summed E-state index contributed by atoms with van der Waals surface area (Å²) in [6.07, 6.45) is 4.20. The van der Waals surface area contributed by atoms with Gasteiger partial charge in [0.2, 0.25) is 0 Å². The molecular weight excluding hydrogens is 396 g/mol. The van der Waals surface area contributed by atoms with Gasteiger partial charge in [0.1, 0.15) is 11.3 Å². The second-order valence-electron chi connectivity index (χ2n) is 8.73. The zero-order chi connectivity index (χ0) is 22.2. The Kier molecular flexibility index (Phi) is 5.90. The number of likely N-dealkylation sites (N-methyl/N-ethyl adjacent to an activating group) is 1. The molecule has 7 heteroatoms. The number of nitrogens with one attached hydrogen (secondary N) is 1. The number of benzene rings is 1. The van der Waals surface area contributed by atoms with Gasteiger partial charge in [-0.25, -0.2) is 4.79 Å². The molecule has 31 heavy (non-hydrogen) atoms. The molecule has 0 saturated carbocycles. The number of aliphatic hydroxyl groups is 1. The Morgan fingerprint density at radius 1 is 1.19 bits per heavy atom. The van der Waals surface area contributed by atoms with Crippen molar-refractivity contribution in [2.24, 2.45) is 0 Å². The quantitative estimate of drug-likeness (QED) is 0.729. The molecule has 7 nitrogen and oxygen atoms in total. The molecule has 0 spiro atoms. The number of aromatic amines is 1. The summed E-state index contributed by atoms with van der Waals surface area (Å²) < 4.78 is 10.1. The average Bonchev–Trinajstić information content (AvgIpc) is 2.75. The molecule has 1 aliphatic carbocycles. The third kappa shape index (κ3) is 4.12. The van der Waals surface area contributed by atoms with Crippen LogP contribution >= 0.6 is 0 Å². The fraction of sp³-hybridized carbons (Fsp3) is 0.500. The van der Waals surface area contributed by atoms with Crippen molar-refractivity contribution in [2.75, 3.05) is 27.8 Å². The van der Waals surface area contributed by atoms with E-state index < -0.39 is 17.1 Å². The van der Waals surface area contributed by atoms with E-state index in [0.717, 1.165) is 42.8 Å². The number of pyridine rings is 1. The normalized spacial score (nSPS) is 23.8. The molecule has 2 heterocycles. The van der Waals surface area contributed by atoms with Crippen molar-refractivity contribution in [3.63, 3.8) is 0 Å². The van der Waals surface area contributed by atoms with Crippen LogP contribution in [0.4, 0.5) is 0 Å². The first-order chi connectivity index (χ1) is 14.8. The highest BCUT2D eigenvalue weighted by Gasteiger charge is 2.43. The summed E-state index contributed by atoms with van der Waals surface area (Å²) in [5.74, 6) is 0.193. The summed E-state index contributed by atoms with van der Waals surface area (Å²) in [7, 11) is 5.00. The molecule has 1 aliphatic heterocycles. The number of aryl methyl sites for hydroxylation is 2. The minimum absolute atomic E-state index is 0.0195. The fourth-order valence-electron chi connectivity index (χ4n) is 5.10. The van der Waals surface area contributed by atoms with Crippen LogP contribution in [0.15, 0.2) is 29.1 Å². The molecule has 4 rings (SSSR count). The van der Waals surface area contributed by atoms with Crippen molar-refractivity contribution in [1.82, 2.24) is 9.88 Å². The third-order valence-electron chi connectivity index (χ3n) is 6.86. The van der Waals surface area contributed by atoms with Crippen LogP contribution in [0.2, 0.25) is 0 Å². The Bertz CT molecular complexity index is 1050. The van der Waals surface area contributed by atoms with Crippen LogP contribution in [-0.4, -0.2) is 60.4 Å². The maximum Gasteiger partial charge on any atom is 0.343 e. The molecule has 2 aliphatic rings. The Hall–Kier alpha value is -2.64. The van der Waals surface area contributed by atoms with E-state index >= 15 is 0 Å². The molecule has 1 aromatic carbocycles. The van der Waals surface area contributed by atoms with Crippen LogP contribution < -0.4 is 10.3 Å². The van der Waals surface area contributed by atoms with Gasteiger partial charge in [-0.15, -0.1) is 0 Å². The van der Waals surface area contributed by atoms with Gasteiger partial charge in [0, 0.05) is 18.2 Å². The van der Waals surface area contributed by atoms with Gasteiger partial charge in [-0.05, 0) is 80.6 Å². The summed E-state index contributed by atoms with van der Waals surface area (Å²) >= 11 is 0. The number of methoxy groups -OCH3 is 2. The van der Waals surface area contributed by atoms with Crippen molar-refractivity contribution < 1.29 is 19.4 Å². The number of fused-ring (bicyclic) bond motifs is 2. The van der Waals surface area contributed by atoms with E-state index in [0.29, 0.717) is 19.3 Å². The van der Waals surface area contributed by atoms with Crippen molar-refractivity contribution in [1.29, 1.82) is 0 Å². The van der Waals surface area contributed by atoms with E-state index in [4.69, 9.17) is 9.47 Å². The topological polar surface area (TPSA) is 91.9 Å². The SMILES string of the molecule is COC(=O)c1cc2c([nH]c1=O)CCC(O)(C1Cc3ccc(OC)cc3CCCN1C)C2. The molecule has 0 fully saturated rings. The second kappa shape index (κ2) is 8.48. The highest BCUT2D eigenvalue weighted by Crippen LogP contribution is 2.35. The van der Waals surface area contributed by atoms with Crippen molar-refractivity contribution in [3.8, 4) is 5.75 Å². The fourth-order valence-corrected chi connectivity index (χ4v) is 5.10. The molecule has 2 atom stereocenters. The van der Waals surface area contributed by atoms with Crippen LogP contribution in [0.1, 0.15) is 45.6 Å². The Morgan fingerprint density at radius 2 is 2.00 bits per heavy atom. The van der Waals surface area contributed by atoms with Gasteiger partial charge in [-0.3, -0.25) is 4.79 Å². The molecule has 2 aromatic rings. The first kappa shape index (κ1) is 21.6.